The van der Waals surface area contributed by atoms with Crippen molar-refractivity contribution in [1.29, 1.82) is 0 Å². The number of nitrogens with zero attached hydrogens (tertiary/aromatic N) is 1. The molecule has 6 heteroatoms. The van der Waals surface area contributed by atoms with Gasteiger partial charge < -0.3 is 19.3 Å². The minimum Gasteiger partial charge on any atom is -0.465 e. The second-order valence-electron chi connectivity index (χ2n) is 6.18. The molecule has 2 aliphatic heterocycles. The normalized spacial score (nSPS) is 26.0. The first-order chi connectivity index (χ1) is 8.73. The number of hydrogen-bond acceptors (Lipinski definition) is 3. The Hall–Kier alpha value is -1.01. The highest BCUT2D eigenvalue weighted by atomic mass is 16.7. The SMILES string of the molecule is CC1(C)OB(C2=CCCN(C(=O)O)CC2)OC1(C)C. The van der Waals surface area contributed by atoms with Crippen molar-refractivity contribution in [2.24, 2.45) is 0 Å². The van der Waals surface area contributed by atoms with Crippen molar-refractivity contribution in [1.82, 2.24) is 4.90 Å². The van der Waals surface area contributed by atoms with Crippen LogP contribution in [0, 0.1) is 0 Å². The van der Waals surface area contributed by atoms with Crippen LogP contribution in [0.2, 0.25) is 0 Å². The Balaban J connectivity index is 2.05. The molecular formula is C13H22BNO4. The number of carbonyl (C=O) groups is 1. The Morgan fingerprint density at radius 2 is 1.84 bits per heavy atom. The summed E-state index contributed by atoms with van der Waals surface area (Å²) >= 11 is 0. The third-order valence-corrected chi connectivity index (χ3v) is 4.30. The van der Waals surface area contributed by atoms with E-state index < -0.39 is 6.09 Å². The molecule has 0 aromatic rings. The fourth-order valence-corrected chi connectivity index (χ4v) is 2.28. The molecule has 0 bridgehead atoms. The van der Waals surface area contributed by atoms with E-state index in [0.717, 1.165) is 5.47 Å². The van der Waals surface area contributed by atoms with Crippen molar-refractivity contribution in [3.8, 4) is 0 Å². The minimum atomic E-state index is -0.858. The minimum absolute atomic E-state index is 0.348. The summed E-state index contributed by atoms with van der Waals surface area (Å²) in [6.45, 7) is 9.13. The smallest absolute Gasteiger partial charge is 0.465 e. The standard InChI is InChI=1S/C13H22BNO4/c1-12(2)13(3,4)19-14(18-12)10-6-5-8-15(9-7-10)11(16)17/h6H,5,7-9H2,1-4H3,(H,16,17). The van der Waals surface area contributed by atoms with Gasteiger partial charge in [-0.05, 0) is 46.0 Å². The molecule has 0 aromatic carbocycles. The Kier molecular flexibility index (Phi) is 3.66. The lowest BCUT2D eigenvalue weighted by Crippen LogP contribution is -2.41. The summed E-state index contributed by atoms with van der Waals surface area (Å²) in [5.41, 5.74) is 0.358. The van der Waals surface area contributed by atoms with E-state index in [0.29, 0.717) is 25.9 Å². The molecule has 0 radical (unpaired) electrons. The average molecular weight is 267 g/mol. The molecule has 0 aromatic heterocycles. The molecule has 2 heterocycles. The molecule has 0 aliphatic carbocycles. The predicted molar refractivity (Wildman–Crippen MR) is 73.0 cm³/mol. The summed E-state index contributed by atoms with van der Waals surface area (Å²) in [7, 11) is -0.348. The van der Waals surface area contributed by atoms with Crippen LogP contribution in [0.25, 0.3) is 0 Å². The lowest BCUT2D eigenvalue weighted by atomic mass is 9.76. The largest absolute Gasteiger partial charge is 0.490 e. The van der Waals surface area contributed by atoms with E-state index in [1.807, 2.05) is 27.7 Å². The second kappa shape index (κ2) is 4.83. The molecule has 5 nitrogen and oxygen atoms in total. The topological polar surface area (TPSA) is 59.0 Å². The zero-order valence-corrected chi connectivity index (χ0v) is 12.1. The van der Waals surface area contributed by atoms with Crippen LogP contribution >= 0.6 is 0 Å². The highest BCUT2D eigenvalue weighted by molar-refractivity contribution is 6.54. The molecule has 0 unspecified atom stereocenters. The van der Waals surface area contributed by atoms with Crippen LogP contribution < -0.4 is 0 Å². The predicted octanol–water partition coefficient (Wildman–Crippen LogP) is 2.32. The first-order valence-electron chi connectivity index (χ1n) is 6.75. The van der Waals surface area contributed by atoms with E-state index in [-0.39, 0.29) is 18.3 Å². The number of amides is 1. The van der Waals surface area contributed by atoms with Gasteiger partial charge in [0.25, 0.3) is 0 Å². The molecule has 1 amide bonds. The van der Waals surface area contributed by atoms with Crippen molar-refractivity contribution in [3.05, 3.63) is 11.5 Å². The van der Waals surface area contributed by atoms with Gasteiger partial charge in [-0.25, -0.2) is 4.79 Å². The van der Waals surface area contributed by atoms with Crippen LogP contribution in [0.3, 0.4) is 0 Å². The highest BCUT2D eigenvalue weighted by Gasteiger charge is 2.52. The Bertz CT molecular complexity index is 389. The third kappa shape index (κ3) is 2.79. The maximum Gasteiger partial charge on any atom is 0.490 e. The average Bonchev–Trinajstić information content (AvgIpc) is 2.47. The quantitative estimate of drug-likeness (QED) is 0.741. The number of rotatable bonds is 1. The van der Waals surface area contributed by atoms with Gasteiger partial charge >= 0.3 is 13.2 Å². The van der Waals surface area contributed by atoms with Crippen LogP contribution in [0.15, 0.2) is 11.5 Å². The summed E-state index contributed by atoms with van der Waals surface area (Å²) < 4.78 is 12.0. The Labute approximate surface area is 114 Å². The lowest BCUT2D eigenvalue weighted by molar-refractivity contribution is 0.00578. The first-order valence-corrected chi connectivity index (χ1v) is 6.75. The van der Waals surface area contributed by atoms with Gasteiger partial charge in [0.15, 0.2) is 0 Å². The maximum absolute atomic E-state index is 11.0. The van der Waals surface area contributed by atoms with Crippen molar-refractivity contribution >= 4 is 13.2 Å². The van der Waals surface area contributed by atoms with Gasteiger partial charge in [0.05, 0.1) is 11.2 Å². The van der Waals surface area contributed by atoms with Crippen LogP contribution in [0.5, 0.6) is 0 Å². The van der Waals surface area contributed by atoms with Crippen molar-refractivity contribution < 1.29 is 19.2 Å². The summed E-state index contributed by atoms with van der Waals surface area (Å²) in [5.74, 6) is 0. The van der Waals surface area contributed by atoms with Gasteiger partial charge in [-0.15, -0.1) is 0 Å². The van der Waals surface area contributed by atoms with Gasteiger partial charge in [-0.1, -0.05) is 6.08 Å². The molecule has 2 rings (SSSR count). The molecular weight excluding hydrogens is 245 g/mol. The van der Waals surface area contributed by atoms with Gasteiger partial charge in [0.1, 0.15) is 0 Å². The molecule has 19 heavy (non-hydrogen) atoms. The third-order valence-electron chi connectivity index (χ3n) is 4.30. The zero-order chi connectivity index (χ0) is 14.3. The maximum atomic E-state index is 11.0. The summed E-state index contributed by atoms with van der Waals surface area (Å²) in [4.78, 5) is 12.4. The van der Waals surface area contributed by atoms with Gasteiger partial charge in [0.2, 0.25) is 0 Å². The van der Waals surface area contributed by atoms with E-state index in [4.69, 9.17) is 14.4 Å². The molecule has 1 N–H and O–H groups in total. The van der Waals surface area contributed by atoms with E-state index >= 15 is 0 Å². The van der Waals surface area contributed by atoms with E-state index in [2.05, 4.69) is 6.08 Å². The van der Waals surface area contributed by atoms with Gasteiger partial charge in [-0.2, -0.15) is 0 Å². The monoisotopic (exact) mass is 267 g/mol. The summed E-state index contributed by atoms with van der Waals surface area (Å²) in [6.07, 6.45) is 2.59. The zero-order valence-electron chi connectivity index (χ0n) is 12.1. The van der Waals surface area contributed by atoms with Crippen molar-refractivity contribution in [3.63, 3.8) is 0 Å². The van der Waals surface area contributed by atoms with E-state index in [9.17, 15) is 4.79 Å². The highest BCUT2D eigenvalue weighted by Crippen LogP contribution is 2.39. The van der Waals surface area contributed by atoms with Crippen molar-refractivity contribution in [2.75, 3.05) is 13.1 Å². The van der Waals surface area contributed by atoms with E-state index in [1.165, 1.54) is 4.90 Å². The molecule has 0 saturated carbocycles. The molecule has 1 fully saturated rings. The van der Waals surface area contributed by atoms with Crippen molar-refractivity contribution in [2.45, 2.75) is 51.7 Å². The van der Waals surface area contributed by atoms with Crippen LogP contribution in [0.4, 0.5) is 4.79 Å². The summed E-state index contributed by atoms with van der Waals surface area (Å²) in [5, 5.41) is 9.02. The van der Waals surface area contributed by atoms with Crippen LogP contribution in [-0.2, 0) is 9.31 Å². The lowest BCUT2D eigenvalue weighted by Gasteiger charge is -2.32. The van der Waals surface area contributed by atoms with Gasteiger partial charge in [0, 0.05) is 13.1 Å². The van der Waals surface area contributed by atoms with Crippen LogP contribution in [0.1, 0.15) is 40.5 Å². The van der Waals surface area contributed by atoms with Crippen LogP contribution in [-0.4, -0.2) is 47.5 Å². The Morgan fingerprint density at radius 1 is 1.26 bits per heavy atom. The molecule has 2 aliphatic rings. The first kappa shape index (κ1) is 14.4. The fraction of sp³-hybridized carbons (Fsp3) is 0.769. The molecule has 1 saturated heterocycles. The number of hydrogen-bond donors (Lipinski definition) is 1. The number of carboxylic acid groups (broad SMARTS) is 1. The second-order valence-corrected chi connectivity index (χ2v) is 6.18. The fourth-order valence-electron chi connectivity index (χ4n) is 2.28. The molecule has 106 valence electrons. The van der Waals surface area contributed by atoms with E-state index in [1.54, 1.807) is 0 Å². The molecule has 0 spiro atoms. The summed E-state index contributed by atoms with van der Waals surface area (Å²) in [6, 6.07) is 0. The van der Waals surface area contributed by atoms with Gasteiger partial charge in [-0.3, -0.25) is 0 Å². The Morgan fingerprint density at radius 3 is 2.37 bits per heavy atom. The molecule has 0 atom stereocenters.